The molecule has 0 aromatic rings. The first-order valence-electron chi connectivity index (χ1n) is 6.56. The normalized spacial score (nSPS) is 32.2. The summed E-state index contributed by atoms with van der Waals surface area (Å²) in [6.45, 7) is 8.48. The van der Waals surface area contributed by atoms with Crippen molar-refractivity contribution in [3.63, 3.8) is 0 Å². The number of rotatable bonds is 2. The molecular weight excluding hydrogens is 186 g/mol. The monoisotopic (exact) mass is 211 g/mol. The Morgan fingerprint density at radius 3 is 2.67 bits per heavy atom. The van der Waals surface area contributed by atoms with Gasteiger partial charge in [-0.1, -0.05) is 6.42 Å². The number of piperidine rings is 1. The number of hydrogen-bond donors (Lipinski definition) is 2. The zero-order valence-electron chi connectivity index (χ0n) is 9.97. The Kier molecular flexibility index (Phi) is 4.42. The second-order valence-electron chi connectivity index (χ2n) is 4.96. The molecule has 0 bridgehead atoms. The van der Waals surface area contributed by atoms with Crippen LogP contribution in [-0.2, 0) is 0 Å². The van der Waals surface area contributed by atoms with Crippen molar-refractivity contribution in [3.05, 3.63) is 0 Å². The van der Waals surface area contributed by atoms with Gasteiger partial charge in [0.2, 0.25) is 0 Å². The van der Waals surface area contributed by atoms with Crippen LogP contribution in [0.15, 0.2) is 0 Å². The van der Waals surface area contributed by atoms with E-state index in [-0.39, 0.29) is 0 Å². The van der Waals surface area contributed by atoms with Gasteiger partial charge in [-0.15, -0.1) is 0 Å². The smallest absolute Gasteiger partial charge is 0.0346 e. The van der Waals surface area contributed by atoms with Crippen molar-refractivity contribution < 1.29 is 0 Å². The molecule has 2 rings (SSSR count). The molecule has 2 N–H and O–H groups in total. The standard InChI is InChI=1S/C12H25N3/c1-11(15-8-3-2-4-9-15)12-10-13-6-5-7-14-12/h11-14H,2-10H2,1H3. The maximum Gasteiger partial charge on any atom is 0.0346 e. The summed E-state index contributed by atoms with van der Waals surface area (Å²) in [7, 11) is 0. The van der Waals surface area contributed by atoms with Crippen LogP contribution in [0.25, 0.3) is 0 Å². The molecule has 2 aliphatic heterocycles. The molecule has 15 heavy (non-hydrogen) atoms. The Morgan fingerprint density at radius 2 is 1.87 bits per heavy atom. The van der Waals surface area contributed by atoms with E-state index in [4.69, 9.17) is 0 Å². The van der Waals surface area contributed by atoms with Crippen LogP contribution < -0.4 is 10.6 Å². The number of nitrogens with one attached hydrogen (secondary N) is 2. The van der Waals surface area contributed by atoms with Gasteiger partial charge < -0.3 is 10.6 Å². The van der Waals surface area contributed by atoms with Gasteiger partial charge in [-0.25, -0.2) is 0 Å². The third-order valence-electron chi connectivity index (χ3n) is 3.85. The molecule has 0 saturated carbocycles. The Bertz CT molecular complexity index is 170. The first-order chi connectivity index (χ1) is 7.38. The van der Waals surface area contributed by atoms with E-state index < -0.39 is 0 Å². The average Bonchev–Trinajstić information content (AvgIpc) is 2.58. The largest absolute Gasteiger partial charge is 0.315 e. The Morgan fingerprint density at radius 1 is 1.07 bits per heavy atom. The minimum Gasteiger partial charge on any atom is -0.315 e. The Labute approximate surface area is 93.6 Å². The summed E-state index contributed by atoms with van der Waals surface area (Å²) in [5.74, 6) is 0. The van der Waals surface area contributed by atoms with Gasteiger partial charge in [0.25, 0.3) is 0 Å². The molecule has 0 radical (unpaired) electrons. The van der Waals surface area contributed by atoms with Gasteiger partial charge in [-0.05, 0) is 52.4 Å². The highest BCUT2D eigenvalue weighted by molar-refractivity contribution is 4.85. The van der Waals surface area contributed by atoms with E-state index in [2.05, 4.69) is 22.5 Å². The van der Waals surface area contributed by atoms with E-state index in [0.29, 0.717) is 12.1 Å². The quantitative estimate of drug-likeness (QED) is 0.708. The summed E-state index contributed by atoms with van der Waals surface area (Å²) in [5, 5.41) is 7.20. The molecule has 2 saturated heterocycles. The van der Waals surface area contributed by atoms with Crippen molar-refractivity contribution in [2.24, 2.45) is 0 Å². The fourth-order valence-corrected chi connectivity index (χ4v) is 2.75. The molecule has 2 atom stereocenters. The molecular formula is C12H25N3. The van der Waals surface area contributed by atoms with Crippen LogP contribution in [0, 0.1) is 0 Å². The Hall–Kier alpha value is -0.120. The van der Waals surface area contributed by atoms with Gasteiger partial charge in [0.1, 0.15) is 0 Å². The minimum absolute atomic E-state index is 0.644. The Balaban J connectivity index is 1.83. The van der Waals surface area contributed by atoms with Crippen molar-refractivity contribution in [2.45, 2.75) is 44.7 Å². The van der Waals surface area contributed by atoms with Crippen molar-refractivity contribution in [3.8, 4) is 0 Å². The molecule has 2 fully saturated rings. The number of hydrogen-bond acceptors (Lipinski definition) is 3. The molecule has 0 aliphatic carbocycles. The second-order valence-corrected chi connectivity index (χ2v) is 4.96. The minimum atomic E-state index is 0.644. The van der Waals surface area contributed by atoms with Gasteiger partial charge in [-0.3, -0.25) is 4.90 Å². The van der Waals surface area contributed by atoms with Gasteiger partial charge >= 0.3 is 0 Å². The van der Waals surface area contributed by atoms with E-state index in [1.54, 1.807) is 0 Å². The molecule has 2 aliphatic rings. The van der Waals surface area contributed by atoms with Crippen molar-refractivity contribution in [1.29, 1.82) is 0 Å². The maximum absolute atomic E-state index is 3.67. The highest BCUT2D eigenvalue weighted by Gasteiger charge is 2.24. The predicted molar refractivity (Wildman–Crippen MR) is 64.2 cm³/mol. The lowest BCUT2D eigenvalue weighted by atomic mass is 10.0. The molecule has 0 spiro atoms. The molecule has 3 heteroatoms. The van der Waals surface area contributed by atoms with Crippen molar-refractivity contribution >= 4 is 0 Å². The highest BCUT2D eigenvalue weighted by Crippen LogP contribution is 2.14. The molecule has 3 nitrogen and oxygen atoms in total. The second kappa shape index (κ2) is 5.83. The lowest BCUT2D eigenvalue weighted by molar-refractivity contribution is 0.143. The zero-order valence-corrected chi connectivity index (χ0v) is 9.97. The first kappa shape index (κ1) is 11.4. The third kappa shape index (κ3) is 3.16. The molecule has 88 valence electrons. The van der Waals surface area contributed by atoms with E-state index in [1.165, 1.54) is 51.9 Å². The topological polar surface area (TPSA) is 27.3 Å². The van der Waals surface area contributed by atoms with E-state index >= 15 is 0 Å². The first-order valence-corrected chi connectivity index (χ1v) is 6.56. The van der Waals surface area contributed by atoms with Gasteiger partial charge in [-0.2, -0.15) is 0 Å². The third-order valence-corrected chi connectivity index (χ3v) is 3.85. The lowest BCUT2D eigenvalue weighted by Gasteiger charge is -2.37. The van der Waals surface area contributed by atoms with Crippen LogP contribution in [0.3, 0.4) is 0 Å². The fraction of sp³-hybridized carbons (Fsp3) is 1.00. The summed E-state index contributed by atoms with van der Waals surface area (Å²) in [6, 6.07) is 1.33. The van der Waals surface area contributed by atoms with Crippen LogP contribution in [-0.4, -0.2) is 49.7 Å². The maximum atomic E-state index is 3.67. The number of nitrogens with zero attached hydrogens (tertiary/aromatic N) is 1. The summed E-state index contributed by atoms with van der Waals surface area (Å²) in [6.07, 6.45) is 5.48. The highest BCUT2D eigenvalue weighted by atomic mass is 15.2. The molecule has 0 amide bonds. The van der Waals surface area contributed by atoms with Gasteiger partial charge in [0.15, 0.2) is 0 Å². The summed E-state index contributed by atoms with van der Waals surface area (Å²) in [4.78, 5) is 2.66. The molecule has 2 unspecified atom stereocenters. The van der Waals surface area contributed by atoms with E-state index in [0.717, 1.165) is 6.54 Å². The van der Waals surface area contributed by atoms with Crippen LogP contribution in [0.5, 0.6) is 0 Å². The van der Waals surface area contributed by atoms with E-state index in [1.807, 2.05) is 0 Å². The van der Waals surface area contributed by atoms with Gasteiger partial charge in [0.05, 0.1) is 0 Å². The summed E-state index contributed by atoms with van der Waals surface area (Å²) >= 11 is 0. The molecule has 2 heterocycles. The summed E-state index contributed by atoms with van der Waals surface area (Å²) in [5.41, 5.74) is 0. The van der Waals surface area contributed by atoms with Crippen molar-refractivity contribution in [1.82, 2.24) is 15.5 Å². The average molecular weight is 211 g/mol. The van der Waals surface area contributed by atoms with Gasteiger partial charge in [0, 0.05) is 18.6 Å². The summed E-state index contributed by atoms with van der Waals surface area (Å²) < 4.78 is 0. The van der Waals surface area contributed by atoms with Crippen LogP contribution >= 0.6 is 0 Å². The van der Waals surface area contributed by atoms with Crippen molar-refractivity contribution in [2.75, 3.05) is 32.7 Å². The zero-order chi connectivity index (χ0) is 10.5. The van der Waals surface area contributed by atoms with E-state index in [9.17, 15) is 0 Å². The van der Waals surface area contributed by atoms with Crippen LogP contribution in [0.1, 0.15) is 32.6 Å². The van der Waals surface area contributed by atoms with Crippen LogP contribution in [0.4, 0.5) is 0 Å². The SMILES string of the molecule is CC(C1CNCCCN1)N1CCCCC1. The molecule has 0 aromatic carbocycles. The lowest BCUT2D eigenvalue weighted by Crippen LogP contribution is -2.52. The number of likely N-dealkylation sites (tertiary alicyclic amines) is 1. The van der Waals surface area contributed by atoms with Crippen LogP contribution in [0.2, 0.25) is 0 Å². The predicted octanol–water partition coefficient (Wildman–Crippen LogP) is 0.812. The fourth-order valence-electron chi connectivity index (χ4n) is 2.75. The molecule has 0 aromatic heterocycles.